The number of rotatable bonds is 8. The van der Waals surface area contributed by atoms with Crippen molar-refractivity contribution < 1.29 is 14.6 Å². The summed E-state index contributed by atoms with van der Waals surface area (Å²) in [5.41, 5.74) is 2.09. The van der Waals surface area contributed by atoms with Crippen molar-refractivity contribution in [3.8, 4) is 11.8 Å². The molecule has 30 heavy (non-hydrogen) atoms. The van der Waals surface area contributed by atoms with Crippen LogP contribution in [0.4, 0.5) is 10.5 Å². The number of benzene rings is 2. The van der Waals surface area contributed by atoms with Gasteiger partial charge in [0.2, 0.25) is 0 Å². The van der Waals surface area contributed by atoms with Crippen LogP contribution in [0.15, 0.2) is 48.5 Å². The molecular formula is C21H21N5O3S. The molecule has 2 amide bonds. The number of nitrogens with one attached hydrogen (secondary N) is 2. The summed E-state index contributed by atoms with van der Waals surface area (Å²) in [6, 6.07) is 15.4. The molecule has 0 saturated heterocycles. The maximum Gasteiger partial charge on any atom is 0.319 e. The van der Waals surface area contributed by atoms with Crippen LogP contribution in [0.3, 0.4) is 0 Å². The van der Waals surface area contributed by atoms with E-state index in [-0.39, 0.29) is 6.61 Å². The lowest BCUT2D eigenvalue weighted by Gasteiger charge is -2.17. The molecule has 3 N–H and O–H groups in total. The van der Waals surface area contributed by atoms with Crippen LogP contribution in [0.25, 0.3) is 0 Å². The number of methoxy groups -OCH3 is 1. The molecule has 9 heteroatoms. The molecule has 0 bridgehead atoms. The highest BCUT2D eigenvalue weighted by molar-refractivity contribution is 7.11. The Bertz CT molecular complexity index is 1010. The summed E-state index contributed by atoms with van der Waals surface area (Å²) in [6.45, 7) is -0.00954. The van der Waals surface area contributed by atoms with E-state index in [2.05, 4.69) is 20.8 Å². The number of carbonyl (C=O) groups excluding carboxylic acids is 1. The number of aliphatic hydroxyl groups excluding tert-OH is 1. The number of hydrogen-bond donors (Lipinski definition) is 3. The lowest BCUT2D eigenvalue weighted by Crippen LogP contribution is -2.33. The summed E-state index contributed by atoms with van der Waals surface area (Å²) in [4.78, 5) is 12.6. The minimum Gasteiger partial charge on any atom is -0.497 e. The normalized spacial score (nSPS) is 11.4. The largest absolute Gasteiger partial charge is 0.497 e. The number of anilines is 1. The number of aliphatic hydroxyl groups is 1. The van der Waals surface area contributed by atoms with Crippen LogP contribution in [-0.2, 0) is 12.8 Å². The molecule has 3 rings (SSSR count). The Morgan fingerprint density at radius 2 is 1.93 bits per heavy atom. The van der Waals surface area contributed by atoms with Gasteiger partial charge in [0.15, 0.2) is 0 Å². The SMILES string of the molecule is COc1ccc(C[C@H](NC(=O)Nc2ccc(C#N)cc2)c2nnc(CCO)s2)cc1. The predicted octanol–water partition coefficient (Wildman–Crippen LogP) is 3.06. The zero-order valence-corrected chi connectivity index (χ0v) is 17.1. The minimum absolute atomic E-state index is 0.00954. The van der Waals surface area contributed by atoms with Crippen LogP contribution in [0.1, 0.15) is 27.2 Å². The first kappa shape index (κ1) is 21.2. The molecule has 8 nitrogen and oxygen atoms in total. The van der Waals surface area contributed by atoms with Gasteiger partial charge in [-0.25, -0.2) is 4.79 Å². The number of hydrogen-bond acceptors (Lipinski definition) is 7. The highest BCUT2D eigenvalue weighted by atomic mass is 32.1. The summed E-state index contributed by atoms with van der Waals surface area (Å²) < 4.78 is 5.19. The number of nitriles is 1. The van der Waals surface area contributed by atoms with E-state index in [0.717, 1.165) is 11.3 Å². The van der Waals surface area contributed by atoms with Gasteiger partial charge in [0, 0.05) is 18.7 Å². The Morgan fingerprint density at radius 1 is 1.20 bits per heavy atom. The van der Waals surface area contributed by atoms with Crippen molar-refractivity contribution in [3.63, 3.8) is 0 Å². The van der Waals surface area contributed by atoms with E-state index in [4.69, 9.17) is 15.1 Å². The number of amides is 2. The van der Waals surface area contributed by atoms with E-state index >= 15 is 0 Å². The second-order valence-electron chi connectivity index (χ2n) is 6.40. The summed E-state index contributed by atoms with van der Waals surface area (Å²) in [5.74, 6) is 0.753. The zero-order chi connectivity index (χ0) is 21.3. The first-order chi connectivity index (χ1) is 14.6. The van der Waals surface area contributed by atoms with E-state index in [9.17, 15) is 4.79 Å². The van der Waals surface area contributed by atoms with Gasteiger partial charge in [-0.3, -0.25) is 0 Å². The van der Waals surface area contributed by atoms with Crippen LogP contribution in [0.5, 0.6) is 5.75 Å². The van der Waals surface area contributed by atoms with Crippen molar-refractivity contribution in [2.24, 2.45) is 0 Å². The lowest BCUT2D eigenvalue weighted by atomic mass is 10.1. The van der Waals surface area contributed by atoms with Gasteiger partial charge in [-0.05, 0) is 48.4 Å². The quantitative estimate of drug-likeness (QED) is 0.512. The Balaban J connectivity index is 1.74. The van der Waals surface area contributed by atoms with Gasteiger partial charge < -0.3 is 20.5 Å². The van der Waals surface area contributed by atoms with Crippen molar-refractivity contribution >= 4 is 23.1 Å². The van der Waals surface area contributed by atoms with E-state index in [1.165, 1.54) is 11.3 Å². The second kappa shape index (κ2) is 10.3. The van der Waals surface area contributed by atoms with Gasteiger partial charge >= 0.3 is 6.03 Å². The fraction of sp³-hybridized carbons (Fsp3) is 0.238. The fourth-order valence-electron chi connectivity index (χ4n) is 2.75. The van der Waals surface area contributed by atoms with E-state index in [0.29, 0.717) is 34.1 Å². The van der Waals surface area contributed by atoms with Crippen LogP contribution in [0.2, 0.25) is 0 Å². The van der Waals surface area contributed by atoms with Gasteiger partial charge in [-0.2, -0.15) is 5.26 Å². The van der Waals surface area contributed by atoms with Crippen molar-refractivity contribution in [2.75, 3.05) is 19.0 Å². The third kappa shape index (κ3) is 5.76. The van der Waals surface area contributed by atoms with Gasteiger partial charge in [-0.1, -0.05) is 23.5 Å². The van der Waals surface area contributed by atoms with E-state index < -0.39 is 12.1 Å². The van der Waals surface area contributed by atoms with Gasteiger partial charge in [0.25, 0.3) is 0 Å². The fourth-order valence-corrected chi connectivity index (χ4v) is 3.64. The Labute approximate surface area is 178 Å². The molecule has 1 heterocycles. The maximum atomic E-state index is 12.6. The summed E-state index contributed by atoms with van der Waals surface area (Å²) in [7, 11) is 1.61. The van der Waals surface area contributed by atoms with Crippen LogP contribution < -0.4 is 15.4 Å². The molecule has 0 aliphatic carbocycles. The standard InChI is InChI=1S/C21H21N5O3S/c1-29-17-8-4-14(5-9-17)12-18(20-26-25-19(30-20)10-11-27)24-21(28)23-16-6-2-15(13-22)3-7-16/h2-9,18,27H,10-12H2,1H3,(H2,23,24,28)/t18-/m0/s1. The molecule has 1 aromatic heterocycles. The monoisotopic (exact) mass is 423 g/mol. The third-order valence-electron chi connectivity index (χ3n) is 4.28. The predicted molar refractivity (Wildman–Crippen MR) is 113 cm³/mol. The smallest absolute Gasteiger partial charge is 0.319 e. The zero-order valence-electron chi connectivity index (χ0n) is 16.3. The molecule has 0 fully saturated rings. The molecule has 1 atom stereocenters. The summed E-state index contributed by atoms with van der Waals surface area (Å²) in [5, 5.41) is 33.4. The summed E-state index contributed by atoms with van der Waals surface area (Å²) in [6.07, 6.45) is 0.933. The molecular weight excluding hydrogens is 402 g/mol. The molecule has 0 radical (unpaired) electrons. The number of aromatic nitrogens is 2. The highest BCUT2D eigenvalue weighted by Gasteiger charge is 2.20. The number of nitrogens with zero attached hydrogens (tertiary/aromatic N) is 3. The number of ether oxygens (including phenoxy) is 1. The van der Waals surface area contributed by atoms with Crippen LogP contribution in [-0.4, -0.2) is 35.1 Å². The van der Waals surface area contributed by atoms with E-state index in [1.54, 1.807) is 31.4 Å². The first-order valence-electron chi connectivity index (χ1n) is 9.25. The van der Waals surface area contributed by atoms with Gasteiger partial charge in [0.05, 0.1) is 24.8 Å². The lowest BCUT2D eigenvalue weighted by molar-refractivity contribution is 0.248. The topological polar surface area (TPSA) is 120 Å². The molecule has 154 valence electrons. The molecule has 0 aliphatic rings. The highest BCUT2D eigenvalue weighted by Crippen LogP contribution is 2.24. The first-order valence-corrected chi connectivity index (χ1v) is 10.1. The minimum atomic E-state index is -0.401. The average Bonchev–Trinajstić information content (AvgIpc) is 3.23. The number of carbonyl (C=O) groups is 1. The molecule has 0 spiro atoms. The van der Waals surface area contributed by atoms with Crippen molar-refractivity contribution in [2.45, 2.75) is 18.9 Å². The van der Waals surface area contributed by atoms with Crippen LogP contribution >= 0.6 is 11.3 Å². The second-order valence-corrected chi connectivity index (χ2v) is 7.49. The third-order valence-corrected chi connectivity index (χ3v) is 5.38. The van der Waals surface area contributed by atoms with Gasteiger partial charge in [-0.15, -0.1) is 10.2 Å². The molecule has 0 unspecified atom stereocenters. The van der Waals surface area contributed by atoms with E-state index in [1.807, 2.05) is 30.3 Å². The maximum absolute atomic E-state index is 12.6. The molecule has 0 saturated carbocycles. The molecule has 0 aliphatic heterocycles. The van der Waals surface area contributed by atoms with Crippen molar-refractivity contribution in [3.05, 3.63) is 69.7 Å². The van der Waals surface area contributed by atoms with Crippen LogP contribution in [0, 0.1) is 11.3 Å². The average molecular weight is 423 g/mol. The molecule has 2 aromatic carbocycles. The van der Waals surface area contributed by atoms with Crippen molar-refractivity contribution in [1.82, 2.24) is 15.5 Å². The van der Waals surface area contributed by atoms with Gasteiger partial charge in [0.1, 0.15) is 15.8 Å². The van der Waals surface area contributed by atoms with Crippen molar-refractivity contribution in [1.29, 1.82) is 5.26 Å². The Kier molecular flexibility index (Phi) is 7.32. The summed E-state index contributed by atoms with van der Waals surface area (Å²) >= 11 is 1.36. The molecule has 3 aromatic rings. The number of urea groups is 1. The Hall–Kier alpha value is -3.48. The Morgan fingerprint density at radius 3 is 2.57 bits per heavy atom.